The first-order chi connectivity index (χ1) is 9.06. The van der Waals surface area contributed by atoms with Crippen LogP contribution < -0.4 is 5.73 Å². The van der Waals surface area contributed by atoms with Crippen LogP contribution >= 0.6 is 0 Å². The van der Waals surface area contributed by atoms with Gasteiger partial charge in [0.25, 0.3) is 5.91 Å². The van der Waals surface area contributed by atoms with E-state index in [2.05, 4.69) is 0 Å². The second kappa shape index (κ2) is 5.69. The lowest BCUT2D eigenvalue weighted by atomic mass is 10.1. The Labute approximate surface area is 110 Å². The second-order valence-electron chi connectivity index (χ2n) is 4.44. The topological polar surface area (TPSA) is 72.6 Å². The predicted molar refractivity (Wildman–Crippen MR) is 66.0 cm³/mol. The molecule has 1 aliphatic rings. The van der Waals surface area contributed by atoms with E-state index in [1.165, 1.54) is 24.3 Å². The summed E-state index contributed by atoms with van der Waals surface area (Å²) in [5, 5.41) is 0. The minimum atomic E-state index is -0.789. The number of hydrogen-bond acceptors (Lipinski definition) is 3. The van der Waals surface area contributed by atoms with Crippen molar-refractivity contribution in [1.82, 2.24) is 4.90 Å². The molecule has 0 radical (unpaired) electrons. The molecule has 5 nitrogen and oxygen atoms in total. The number of amides is 2. The van der Waals surface area contributed by atoms with Gasteiger partial charge in [-0.1, -0.05) is 0 Å². The first kappa shape index (κ1) is 13.3. The van der Waals surface area contributed by atoms with Crippen molar-refractivity contribution in [2.45, 2.75) is 18.9 Å². The van der Waals surface area contributed by atoms with Crippen LogP contribution in [0.1, 0.15) is 23.2 Å². The van der Waals surface area contributed by atoms with Gasteiger partial charge in [-0.05, 0) is 24.3 Å². The normalized spacial score (nSPS) is 16.2. The van der Waals surface area contributed by atoms with Crippen molar-refractivity contribution in [1.29, 1.82) is 0 Å². The molecule has 2 rings (SSSR count). The molecule has 0 saturated carbocycles. The SMILES string of the molecule is NC(=O)OC1CCN(C(=O)c2ccc(F)cc2)CC1. The largest absolute Gasteiger partial charge is 0.446 e. The van der Waals surface area contributed by atoms with Crippen LogP contribution in [0.15, 0.2) is 24.3 Å². The van der Waals surface area contributed by atoms with Crippen molar-refractivity contribution in [2.75, 3.05) is 13.1 Å². The lowest BCUT2D eigenvalue weighted by molar-refractivity contribution is 0.0455. The summed E-state index contributed by atoms with van der Waals surface area (Å²) in [5.74, 6) is -0.511. The Bertz CT molecular complexity index is 467. The van der Waals surface area contributed by atoms with Crippen LogP contribution in [0.3, 0.4) is 0 Å². The molecule has 1 heterocycles. The first-order valence-corrected chi connectivity index (χ1v) is 6.07. The molecule has 102 valence electrons. The molecule has 1 aromatic carbocycles. The third-order valence-corrected chi connectivity index (χ3v) is 3.10. The van der Waals surface area contributed by atoms with E-state index < -0.39 is 6.09 Å². The van der Waals surface area contributed by atoms with E-state index >= 15 is 0 Å². The number of hydrogen-bond donors (Lipinski definition) is 1. The molecule has 0 atom stereocenters. The van der Waals surface area contributed by atoms with E-state index in [9.17, 15) is 14.0 Å². The number of rotatable bonds is 2. The van der Waals surface area contributed by atoms with E-state index in [0.717, 1.165) is 0 Å². The summed E-state index contributed by atoms with van der Waals surface area (Å²) < 4.78 is 17.7. The van der Waals surface area contributed by atoms with E-state index in [-0.39, 0.29) is 17.8 Å². The Balaban J connectivity index is 1.92. The predicted octanol–water partition coefficient (Wildman–Crippen LogP) is 1.53. The van der Waals surface area contributed by atoms with Gasteiger partial charge in [-0.25, -0.2) is 9.18 Å². The van der Waals surface area contributed by atoms with Crippen molar-refractivity contribution in [3.05, 3.63) is 35.6 Å². The summed E-state index contributed by atoms with van der Waals surface area (Å²) in [6.07, 6.45) is 0.115. The molecule has 0 spiro atoms. The molecule has 19 heavy (non-hydrogen) atoms. The van der Waals surface area contributed by atoms with Crippen molar-refractivity contribution in [3.63, 3.8) is 0 Å². The van der Waals surface area contributed by atoms with Crippen molar-refractivity contribution in [3.8, 4) is 0 Å². The molecule has 1 aliphatic heterocycles. The highest BCUT2D eigenvalue weighted by atomic mass is 19.1. The Kier molecular flexibility index (Phi) is 3.99. The van der Waals surface area contributed by atoms with Gasteiger partial charge in [0.2, 0.25) is 0 Å². The highest BCUT2D eigenvalue weighted by Crippen LogP contribution is 2.16. The highest BCUT2D eigenvalue weighted by Gasteiger charge is 2.25. The molecular weight excluding hydrogens is 251 g/mol. The molecule has 2 amide bonds. The van der Waals surface area contributed by atoms with Gasteiger partial charge in [0.05, 0.1) is 0 Å². The van der Waals surface area contributed by atoms with Gasteiger partial charge in [-0.2, -0.15) is 0 Å². The summed E-state index contributed by atoms with van der Waals surface area (Å²) in [5.41, 5.74) is 5.40. The minimum absolute atomic E-state index is 0.141. The molecule has 6 heteroatoms. The first-order valence-electron chi connectivity index (χ1n) is 6.07. The number of carbonyl (C=O) groups is 2. The zero-order valence-corrected chi connectivity index (χ0v) is 10.3. The maximum Gasteiger partial charge on any atom is 0.404 e. The van der Waals surface area contributed by atoms with Crippen LogP contribution in [0, 0.1) is 5.82 Å². The Morgan fingerprint density at radius 3 is 2.32 bits per heavy atom. The Hall–Kier alpha value is -2.11. The third kappa shape index (κ3) is 3.43. The lowest BCUT2D eigenvalue weighted by Gasteiger charge is -2.31. The van der Waals surface area contributed by atoms with Crippen LogP contribution in [0.25, 0.3) is 0 Å². The Morgan fingerprint density at radius 1 is 1.21 bits per heavy atom. The van der Waals surface area contributed by atoms with Crippen molar-refractivity contribution in [2.24, 2.45) is 5.73 Å². The molecular formula is C13H15FN2O3. The van der Waals surface area contributed by atoms with Gasteiger partial charge >= 0.3 is 6.09 Å². The number of nitrogens with zero attached hydrogens (tertiary/aromatic N) is 1. The number of benzene rings is 1. The zero-order valence-electron chi connectivity index (χ0n) is 10.3. The number of nitrogens with two attached hydrogens (primary N) is 1. The van der Waals surface area contributed by atoms with Gasteiger partial charge < -0.3 is 15.4 Å². The average Bonchev–Trinajstić information content (AvgIpc) is 2.39. The number of halogens is 1. The van der Waals surface area contributed by atoms with Gasteiger partial charge in [0, 0.05) is 31.5 Å². The fourth-order valence-corrected chi connectivity index (χ4v) is 2.12. The molecule has 1 saturated heterocycles. The van der Waals surface area contributed by atoms with Crippen LogP contribution in [0.2, 0.25) is 0 Å². The third-order valence-electron chi connectivity index (χ3n) is 3.10. The van der Waals surface area contributed by atoms with Gasteiger partial charge in [0.1, 0.15) is 11.9 Å². The minimum Gasteiger partial charge on any atom is -0.446 e. The number of ether oxygens (including phenoxy) is 1. The molecule has 0 bridgehead atoms. The molecule has 2 N–H and O–H groups in total. The maximum atomic E-state index is 12.8. The monoisotopic (exact) mass is 266 g/mol. The standard InChI is InChI=1S/C13H15FN2O3/c14-10-3-1-9(2-4-10)12(17)16-7-5-11(6-8-16)19-13(15)18/h1-4,11H,5-8H2,(H2,15,18). The zero-order chi connectivity index (χ0) is 13.8. The molecule has 0 aromatic heterocycles. The summed E-state index contributed by atoms with van der Waals surface area (Å²) in [6.45, 7) is 0.988. The van der Waals surface area contributed by atoms with E-state index in [4.69, 9.17) is 10.5 Å². The quantitative estimate of drug-likeness (QED) is 0.882. The summed E-state index contributed by atoms with van der Waals surface area (Å²) in [7, 11) is 0. The molecule has 1 aromatic rings. The van der Waals surface area contributed by atoms with Gasteiger partial charge in [0.15, 0.2) is 0 Å². The highest BCUT2D eigenvalue weighted by molar-refractivity contribution is 5.94. The second-order valence-corrected chi connectivity index (χ2v) is 4.44. The van der Waals surface area contributed by atoms with Crippen LogP contribution in [-0.4, -0.2) is 36.1 Å². The summed E-state index contributed by atoms with van der Waals surface area (Å²) >= 11 is 0. The van der Waals surface area contributed by atoms with Crippen molar-refractivity contribution < 1.29 is 18.7 Å². The maximum absolute atomic E-state index is 12.8. The summed E-state index contributed by atoms with van der Waals surface area (Å²) in [6, 6.07) is 5.44. The van der Waals surface area contributed by atoms with Crippen LogP contribution in [0.4, 0.5) is 9.18 Å². The fraction of sp³-hybridized carbons (Fsp3) is 0.385. The lowest BCUT2D eigenvalue weighted by Crippen LogP contribution is -2.41. The fourth-order valence-electron chi connectivity index (χ4n) is 2.12. The van der Waals surface area contributed by atoms with E-state index in [1.54, 1.807) is 4.90 Å². The number of piperidine rings is 1. The molecule has 1 fully saturated rings. The van der Waals surface area contributed by atoms with E-state index in [1.807, 2.05) is 0 Å². The van der Waals surface area contributed by atoms with Crippen LogP contribution in [0.5, 0.6) is 0 Å². The van der Waals surface area contributed by atoms with Gasteiger partial charge in [-0.3, -0.25) is 4.79 Å². The Morgan fingerprint density at radius 2 is 1.79 bits per heavy atom. The molecule has 0 aliphatic carbocycles. The number of carbonyl (C=O) groups excluding carboxylic acids is 2. The van der Waals surface area contributed by atoms with Crippen molar-refractivity contribution >= 4 is 12.0 Å². The smallest absolute Gasteiger partial charge is 0.404 e. The average molecular weight is 266 g/mol. The summed E-state index contributed by atoms with van der Waals surface area (Å²) in [4.78, 5) is 24.4. The number of primary amides is 1. The van der Waals surface area contributed by atoms with E-state index in [0.29, 0.717) is 31.5 Å². The van der Waals surface area contributed by atoms with Crippen LogP contribution in [-0.2, 0) is 4.74 Å². The van der Waals surface area contributed by atoms with Gasteiger partial charge in [-0.15, -0.1) is 0 Å². The number of likely N-dealkylation sites (tertiary alicyclic amines) is 1. The molecule has 0 unspecified atom stereocenters.